The average molecular weight is 515 g/mol. The van der Waals surface area contributed by atoms with E-state index in [4.69, 9.17) is 4.74 Å². The number of hydrogen-bond acceptors (Lipinski definition) is 5. The van der Waals surface area contributed by atoms with Gasteiger partial charge in [-0.15, -0.1) is 35.3 Å². The van der Waals surface area contributed by atoms with Crippen LogP contribution in [0.25, 0.3) is 0 Å². The van der Waals surface area contributed by atoms with Crippen molar-refractivity contribution in [3.05, 3.63) is 40.0 Å². The molecule has 11 heteroatoms. The molecule has 0 saturated heterocycles. The zero-order valence-corrected chi connectivity index (χ0v) is 18.0. The van der Waals surface area contributed by atoms with Crippen molar-refractivity contribution >= 4 is 41.3 Å². The summed E-state index contributed by atoms with van der Waals surface area (Å²) in [5.74, 6) is 0.754. The number of alkyl halides is 3. The van der Waals surface area contributed by atoms with Gasteiger partial charge in [-0.25, -0.2) is 15.0 Å². The van der Waals surface area contributed by atoms with Crippen molar-refractivity contribution in [2.75, 3.05) is 19.7 Å². The summed E-state index contributed by atoms with van der Waals surface area (Å²) in [4.78, 5) is 13.5. The Hall–Kier alpha value is -1.63. The van der Waals surface area contributed by atoms with E-state index < -0.39 is 11.7 Å². The van der Waals surface area contributed by atoms with Gasteiger partial charge in [0.25, 0.3) is 0 Å². The van der Waals surface area contributed by atoms with Crippen LogP contribution in [0.5, 0.6) is 5.88 Å². The largest absolute Gasteiger partial charge is 0.476 e. The third-order valence-electron chi connectivity index (χ3n) is 3.09. The number of pyridine rings is 1. The van der Waals surface area contributed by atoms with Gasteiger partial charge in [-0.3, -0.25) is 0 Å². The van der Waals surface area contributed by atoms with E-state index in [1.807, 2.05) is 13.8 Å². The molecule has 6 nitrogen and oxygen atoms in total. The summed E-state index contributed by atoms with van der Waals surface area (Å²) in [6.45, 7) is 5.76. The lowest BCUT2D eigenvalue weighted by molar-refractivity contribution is -0.137. The third-order valence-corrected chi connectivity index (χ3v) is 3.99. The standard InChI is InChI=1S/C16H20F3N5OS.HI/c1-3-20-15(24-10-14-23-8-11(2)26-14)21-6-7-25-13-5-4-12(9-22-13)16(17,18)19;/h4-5,8-9H,3,6-7,10H2,1-2H3,(H2,20,21,24);1H. The predicted molar refractivity (Wildman–Crippen MR) is 110 cm³/mol. The van der Waals surface area contributed by atoms with Gasteiger partial charge in [-0.2, -0.15) is 13.2 Å². The van der Waals surface area contributed by atoms with Crippen LogP contribution in [0, 0.1) is 6.92 Å². The van der Waals surface area contributed by atoms with Gasteiger partial charge in [0, 0.05) is 29.9 Å². The molecule has 0 radical (unpaired) electrons. The quantitative estimate of drug-likeness (QED) is 0.255. The number of aryl methyl sites for hydroxylation is 1. The first-order valence-corrected chi connectivity index (χ1v) is 8.79. The van der Waals surface area contributed by atoms with Gasteiger partial charge in [-0.05, 0) is 19.9 Å². The predicted octanol–water partition coefficient (Wildman–Crippen LogP) is 3.62. The van der Waals surface area contributed by atoms with Crippen molar-refractivity contribution in [2.24, 2.45) is 4.99 Å². The minimum absolute atomic E-state index is 0. The van der Waals surface area contributed by atoms with Crippen molar-refractivity contribution in [2.45, 2.75) is 26.6 Å². The van der Waals surface area contributed by atoms with Gasteiger partial charge in [0.15, 0.2) is 5.96 Å². The van der Waals surface area contributed by atoms with Crippen LogP contribution in [0.4, 0.5) is 13.2 Å². The lowest BCUT2D eigenvalue weighted by Crippen LogP contribution is -2.39. The van der Waals surface area contributed by atoms with Gasteiger partial charge in [-0.1, -0.05) is 0 Å². The lowest BCUT2D eigenvalue weighted by atomic mass is 10.3. The van der Waals surface area contributed by atoms with E-state index >= 15 is 0 Å². The summed E-state index contributed by atoms with van der Waals surface area (Å²) in [6, 6.07) is 2.14. The van der Waals surface area contributed by atoms with Gasteiger partial charge in [0.1, 0.15) is 11.6 Å². The number of halogens is 4. The first-order chi connectivity index (χ1) is 12.4. The number of nitrogens with zero attached hydrogens (tertiary/aromatic N) is 3. The molecule has 0 aromatic carbocycles. The van der Waals surface area contributed by atoms with Crippen LogP contribution < -0.4 is 15.4 Å². The Morgan fingerprint density at radius 3 is 2.56 bits per heavy atom. The fourth-order valence-corrected chi connectivity index (χ4v) is 2.63. The Kier molecular flexibility index (Phi) is 9.77. The molecule has 0 aliphatic heterocycles. The van der Waals surface area contributed by atoms with Crippen molar-refractivity contribution in [1.29, 1.82) is 0 Å². The van der Waals surface area contributed by atoms with Gasteiger partial charge in [0.2, 0.25) is 5.88 Å². The Bertz CT molecular complexity index is 722. The molecule has 2 rings (SSSR count). The zero-order chi connectivity index (χ0) is 19.0. The summed E-state index contributed by atoms with van der Waals surface area (Å²) in [6.07, 6.45) is -1.84. The first-order valence-electron chi connectivity index (χ1n) is 7.98. The highest BCUT2D eigenvalue weighted by Gasteiger charge is 2.30. The number of guanidine groups is 1. The Morgan fingerprint density at radius 1 is 1.22 bits per heavy atom. The molecule has 0 aliphatic rings. The summed E-state index contributed by atoms with van der Waals surface area (Å²) in [5, 5.41) is 7.11. The molecule has 0 spiro atoms. The molecule has 0 fully saturated rings. The third kappa shape index (κ3) is 8.28. The number of thiazole rings is 1. The molecule has 27 heavy (non-hydrogen) atoms. The highest BCUT2D eigenvalue weighted by atomic mass is 127. The fourth-order valence-electron chi connectivity index (χ4n) is 1.92. The fraction of sp³-hybridized carbons (Fsp3) is 0.438. The Labute approximate surface area is 176 Å². The van der Waals surface area contributed by atoms with Crippen molar-refractivity contribution in [1.82, 2.24) is 20.6 Å². The maximum Gasteiger partial charge on any atom is 0.417 e. The van der Waals surface area contributed by atoms with E-state index in [1.54, 1.807) is 17.5 Å². The lowest BCUT2D eigenvalue weighted by Gasteiger charge is -2.12. The maximum absolute atomic E-state index is 12.5. The molecule has 0 saturated carbocycles. The molecular formula is C16H21F3IN5OS. The molecule has 2 aromatic rings. The van der Waals surface area contributed by atoms with Crippen molar-refractivity contribution < 1.29 is 17.9 Å². The normalized spacial score (nSPS) is 11.7. The molecule has 2 N–H and O–H groups in total. The second-order valence-corrected chi connectivity index (χ2v) is 6.54. The monoisotopic (exact) mass is 515 g/mol. The van der Waals surface area contributed by atoms with Crippen LogP contribution >= 0.6 is 35.3 Å². The smallest absolute Gasteiger partial charge is 0.417 e. The Balaban J connectivity index is 0.00000364. The van der Waals surface area contributed by atoms with Crippen LogP contribution in [0.2, 0.25) is 0 Å². The van der Waals surface area contributed by atoms with E-state index in [0.29, 0.717) is 25.6 Å². The topological polar surface area (TPSA) is 71.4 Å². The molecule has 0 aliphatic carbocycles. The molecule has 2 aromatic heterocycles. The molecule has 0 unspecified atom stereocenters. The number of rotatable bonds is 7. The van der Waals surface area contributed by atoms with Crippen LogP contribution in [0.3, 0.4) is 0 Å². The SMILES string of the molecule is CCNC(=NCc1ncc(C)s1)NCCOc1ccc(C(F)(F)F)cn1.I. The summed E-state index contributed by atoms with van der Waals surface area (Å²) in [7, 11) is 0. The minimum atomic E-state index is -4.40. The molecule has 0 amide bonds. The molecular weight excluding hydrogens is 494 g/mol. The summed E-state index contributed by atoms with van der Waals surface area (Å²) < 4.78 is 42.7. The number of hydrogen-bond donors (Lipinski definition) is 2. The molecule has 0 atom stereocenters. The van der Waals surface area contributed by atoms with E-state index in [-0.39, 0.29) is 36.5 Å². The second-order valence-electron chi connectivity index (χ2n) is 5.22. The van der Waals surface area contributed by atoms with Crippen molar-refractivity contribution in [3.8, 4) is 5.88 Å². The van der Waals surface area contributed by atoms with Crippen molar-refractivity contribution in [3.63, 3.8) is 0 Å². The second kappa shape index (κ2) is 11.3. The van der Waals surface area contributed by atoms with Crippen LogP contribution in [-0.2, 0) is 12.7 Å². The number of ether oxygens (including phenoxy) is 1. The summed E-state index contributed by atoms with van der Waals surface area (Å²) >= 11 is 1.59. The van der Waals surface area contributed by atoms with E-state index in [9.17, 15) is 13.2 Å². The molecule has 150 valence electrons. The molecule has 2 heterocycles. The highest BCUT2D eigenvalue weighted by molar-refractivity contribution is 14.0. The van der Waals surface area contributed by atoms with E-state index in [1.165, 1.54) is 6.07 Å². The maximum atomic E-state index is 12.5. The van der Waals surface area contributed by atoms with E-state index in [0.717, 1.165) is 22.1 Å². The van der Waals surface area contributed by atoms with Gasteiger partial charge >= 0.3 is 6.18 Å². The number of aliphatic imine (C=N–C) groups is 1. The first kappa shape index (κ1) is 23.4. The van der Waals surface area contributed by atoms with Gasteiger partial charge < -0.3 is 15.4 Å². The van der Waals surface area contributed by atoms with Crippen LogP contribution in [0.1, 0.15) is 22.4 Å². The summed E-state index contributed by atoms with van der Waals surface area (Å²) in [5.41, 5.74) is -0.804. The van der Waals surface area contributed by atoms with Crippen LogP contribution in [0.15, 0.2) is 29.5 Å². The zero-order valence-electron chi connectivity index (χ0n) is 14.8. The molecule has 0 bridgehead atoms. The minimum Gasteiger partial charge on any atom is -0.476 e. The van der Waals surface area contributed by atoms with E-state index in [2.05, 4.69) is 25.6 Å². The number of aromatic nitrogens is 2. The van der Waals surface area contributed by atoms with Gasteiger partial charge in [0.05, 0.1) is 18.7 Å². The average Bonchev–Trinajstić information content (AvgIpc) is 3.01. The Morgan fingerprint density at radius 2 is 2.00 bits per heavy atom. The number of nitrogens with one attached hydrogen (secondary N) is 2. The van der Waals surface area contributed by atoms with Crippen LogP contribution in [-0.4, -0.2) is 35.6 Å². The highest BCUT2D eigenvalue weighted by Crippen LogP contribution is 2.29.